The molecule has 0 spiro atoms. The van der Waals surface area contributed by atoms with Gasteiger partial charge >= 0.3 is 0 Å². The van der Waals surface area contributed by atoms with Crippen LogP contribution >= 0.6 is 0 Å². The van der Waals surface area contributed by atoms with Crippen LogP contribution < -0.4 is 15.0 Å². The second-order valence-electron chi connectivity index (χ2n) is 6.10. The number of halogens is 1. The van der Waals surface area contributed by atoms with Crippen LogP contribution in [0.15, 0.2) is 30.5 Å². The number of hydrogen-bond acceptors (Lipinski definition) is 4. The van der Waals surface area contributed by atoms with Gasteiger partial charge in [0.25, 0.3) is 5.91 Å². The lowest BCUT2D eigenvalue weighted by Crippen LogP contribution is -2.38. The zero-order chi connectivity index (χ0) is 16.5. The Bertz CT molecular complexity index is 755. The zero-order valence-corrected chi connectivity index (χ0v) is 13.2. The molecule has 2 aliphatic heterocycles. The minimum Gasteiger partial charge on any atom is -0.489 e. The van der Waals surface area contributed by atoms with Crippen LogP contribution in [0.3, 0.4) is 0 Å². The van der Waals surface area contributed by atoms with E-state index in [1.54, 1.807) is 17.0 Å². The zero-order valence-electron chi connectivity index (χ0n) is 13.2. The minimum absolute atomic E-state index is 0.186. The van der Waals surface area contributed by atoms with Gasteiger partial charge in [0, 0.05) is 18.8 Å². The van der Waals surface area contributed by atoms with Gasteiger partial charge in [0.05, 0.1) is 18.3 Å². The quantitative estimate of drug-likeness (QED) is 0.915. The summed E-state index contributed by atoms with van der Waals surface area (Å²) in [5.74, 6) is -0.170. The number of piperidine rings is 1. The average Bonchev–Trinajstić information content (AvgIpc) is 3.11. The van der Waals surface area contributed by atoms with Crippen LogP contribution in [0.4, 0.5) is 10.1 Å². The first-order valence-electron chi connectivity index (χ1n) is 8.22. The van der Waals surface area contributed by atoms with Crippen molar-refractivity contribution in [1.82, 2.24) is 15.1 Å². The van der Waals surface area contributed by atoms with Crippen molar-refractivity contribution in [3.05, 3.63) is 42.0 Å². The summed E-state index contributed by atoms with van der Waals surface area (Å²) in [5, 5.41) is 7.82. The van der Waals surface area contributed by atoms with Crippen LogP contribution in [0.1, 0.15) is 29.4 Å². The molecule has 1 aromatic heterocycles. The van der Waals surface area contributed by atoms with Crippen molar-refractivity contribution in [2.24, 2.45) is 0 Å². The minimum atomic E-state index is -0.378. The van der Waals surface area contributed by atoms with E-state index in [9.17, 15) is 9.18 Å². The Labute approximate surface area is 139 Å². The summed E-state index contributed by atoms with van der Waals surface area (Å²) in [6.07, 6.45) is 4.02. The van der Waals surface area contributed by atoms with Gasteiger partial charge in [-0.15, -0.1) is 0 Å². The fourth-order valence-corrected chi connectivity index (χ4v) is 3.26. The van der Waals surface area contributed by atoms with E-state index < -0.39 is 0 Å². The molecule has 126 valence electrons. The molecule has 24 heavy (non-hydrogen) atoms. The topological polar surface area (TPSA) is 59.4 Å². The van der Waals surface area contributed by atoms with Gasteiger partial charge < -0.3 is 15.0 Å². The van der Waals surface area contributed by atoms with Crippen molar-refractivity contribution < 1.29 is 13.9 Å². The van der Waals surface area contributed by atoms with Crippen LogP contribution in [0.2, 0.25) is 0 Å². The third kappa shape index (κ3) is 2.75. The standard InChI is InChI=1S/C17H19FN4O2/c18-12-3-4-15-16(10-12)24-9-8-21(15)17(23)14-5-7-22(20-14)13-2-1-6-19-11-13/h3-5,7,10,13,19H,1-2,6,8-9,11H2. The number of nitrogens with one attached hydrogen (secondary N) is 1. The number of carbonyl (C=O) groups is 1. The first-order chi connectivity index (χ1) is 11.7. The van der Waals surface area contributed by atoms with Crippen molar-refractivity contribution in [2.45, 2.75) is 18.9 Å². The Balaban J connectivity index is 1.57. The lowest BCUT2D eigenvalue weighted by atomic mass is 10.1. The van der Waals surface area contributed by atoms with E-state index in [1.165, 1.54) is 12.1 Å². The summed E-state index contributed by atoms with van der Waals surface area (Å²) in [7, 11) is 0. The van der Waals surface area contributed by atoms with Crippen LogP contribution in [0.5, 0.6) is 5.75 Å². The van der Waals surface area contributed by atoms with E-state index >= 15 is 0 Å². The molecule has 2 aliphatic rings. The molecular weight excluding hydrogens is 311 g/mol. The number of ether oxygens (including phenoxy) is 1. The normalized spacial score (nSPS) is 20.4. The molecule has 1 fully saturated rings. The molecule has 1 atom stereocenters. The van der Waals surface area contributed by atoms with Gasteiger partial charge in [-0.2, -0.15) is 5.10 Å². The third-order valence-corrected chi connectivity index (χ3v) is 4.50. The predicted octanol–water partition coefficient (Wildman–Crippen LogP) is 1.99. The van der Waals surface area contributed by atoms with E-state index in [1.807, 2.05) is 10.9 Å². The Hall–Kier alpha value is -2.41. The molecule has 0 saturated carbocycles. The van der Waals surface area contributed by atoms with Crippen LogP contribution in [0.25, 0.3) is 0 Å². The summed E-state index contributed by atoms with van der Waals surface area (Å²) in [5.41, 5.74) is 0.985. The summed E-state index contributed by atoms with van der Waals surface area (Å²) in [6.45, 7) is 2.67. The average molecular weight is 330 g/mol. The Morgan fingerprint density at radius 3 is 3.12 bits per heavy atom. The largest absolute Gasteiger partial charge is 0.489 e. The Kier molecular flexibility index (Phi) is 3.93. The van der Waals surface area contributed by atoms with Gasteiger partial charge in [0.15, 0.2) is 5.69 Å². The van der Waals surface area contributed by atoms with Crippen molar-refractivity contribution >= 4 is 11.6 Å². The number of benzene rings is 1. The lowest BCUT2D eigenvalue weighted by Gasteiger charge is -2.29. The van der Waals surface area contributed by atoms with Crippen LogP contribution in [-0.2, 0) is 0 Å². The van der Waals surface area contributed by atoms with E-state index in [-0.39, 0.29) is 17.8 Å². The van der Waals surface area contributed by atoms with Crippen molar-refractivity contribution in [3.63, 3.8) is 0 Å². The van der Waals surface area contributed by atoms with E-state index in [2.05, 4.69) is 10.4 Å². The number of fused-ring (bicyclic) bond motifs is 1. The van der Waals surface area contributed by atoms with Crippen LogP contribution in [-0.4, -0.2) is 41.9 Å². The summed E-state index contributed by atoms with van der Waals surface area (Å²) >= 11 is 0. The molecule has 0 aliphatic carbocycles. The van der Waals surface area contributed by atoms with Gasteiger partial charge in [0.1, 0.15) is 18.2 Å². The molecular formula is C17H19FN4O2. The highest BCUT2D eigenvalue weighted by molar-refractivity contribution is 6.05. The van der Waals surface area contributed by atoms with Gasteiger partial charge in [-0.1, -0.05) is 0 Å². The Morgan fingerprint density at radius 1 is 1.38 bits per heavy atom. The predicted molar refractivity (Wildman–Crippen MR) is 86.9 cm³/mol. The smallest absolute Gasteiger partial charge is 0.278 e. The molecule has 1 aromatic carbocycles. The van der Waals surface area contributed by atoms with Gasteiger partial charge in [-0.25, -0.2) is 4.39 Å². The maximum absolute atomic E-state index is 13.3. The summed E-state index contributed by atoms with van der Waals surface area (Å²) in [6, 6.07) is 6.24. The number of aromatic nitrogens is 2. The fraction of sp³-hybridized carbons (Fsp3) is 0.412. The van der Waals surface area contributed by atoms with Crippen molar-refractivity contribution in [3.8, 4) is 5.75 Å². The number of amides is 1. The molecule has 1 unspecified atom stereocenters. The number of carbonyl (C=O) groups excluding carboxylic acids is 1. The monoisotopic (exact) mass is 330 g/mol. The highest BCUT2D eigenvalue weighted by Gasteiger charge is 2.27. The van der Waals surface area contributed by atoms with E-state index in [0.29, 0.717) is 30.3 Å². The molecule has 0 bridgehead atoms. The molecule has 4 rings (SSSR count). The van der Waals surface area contributed by atoms with E-state index in [4.69, 9.17) is 4.74 Å². The molecule has 6 nitrogen and oxygen atoms in total. The summed E-state index contributed by atoms with van der Waals surface area (Å²) in [4.78, 5) is 14.4. The van der Waals surface area contributed by atoms with Crippen LogP contribution in [0, 0.1) is 5.82 Å². The van der Waals surface area contributed by atoms with Gasteiger partial charge in [-0.05, 0) is 37.6 Å². The molecule has 2 aromatic rings. The SMILES string of the molecule is O=C(c1ccn(C2CCCNC2)n1)N1CCOc2cc(F)ccc21. The number of anilines is 1. The maximum atomic E-state index is 13.3. The number of rotatable bonds is 2. The fourth-order valence-electron chi connectivity index (χ4n) is 3.26. The Morgan fingerprint density at radius 2 is 2.29 bits per heavy atom. The number of hydrogen-bond donors (Lipinski definition) is 1. The summed E-state index contributed by atoms with van der Waals surface area (Å²) < 4.78 is 20.7. The first kappa shape index (κ1) is 15.1. The first-order valence-corrected chi connectivity index (χ1v) is 8.22. The molecule has 1 amide bonds. The molecule has 1 N–H and O–H groups in total. The maximum Gasteiger partial charge on any atom is 0.278 e. The number of nitrogens with zero attached hydrogens (tertiary/aromatic N) is 3. The highest BCUT2D eigenvalue weighted by Crippen LogP contribution is 2.33. The van der Waals surface area contributed by atoms with Crippen molar-refractivity contribution in [2.75, 3.05) is 31.1 Å². The molecule has 0 radical (unpaired) electrons. The molecule has 3 heterocycles. The molecule has 1 saturated heterocycles. The molecule has 7 heteroatoms. The van der Waals surface area contributed by atoms with Crippen molar-refractivity contribution in [1.29, 1.82) is 0 Å². The van der Waals surface area contributed by atoms with Gasteiger partial charge in [-0.3, -0.25) is 9.48 Å². The second-order valence-corrected chi connectivity index (χ2v) is 6.10. The van der Waals surface area contributed by atoms with Gasteiger partial charge in [0.2, 0.25) is 0 Å². The third-order valence-electron chi connectivity index (χ3n) is 4.50. The van der Waals surface area contributed by atoms with E-state index in [0.717, 1.165) is 25.9 Å². The highest BCUT2D eigenvalue weighted by atomic mass is 19.1. The lowest BCUT2D eigenvalue weighted by molar-refractivity contribution is 0.0970. The second kappa shape index (κ2) is 6.24.